The molecule has 4 atom stereocenters. The molecule has 0 aliphatic heterocycles. The summed E-state index contributed by atoms with van der Waals surface area (Å²) in [5.41, 5.74) is 0. The molecule has 3 heteroatoms. The van der Waals surface area contributed by atoms with Crippen LogP contribution in [0.4, 0.5) is 0 Å². The quantitative estimate of drug-likeness (QED) is 0.838. The molecule has 1 amide bonds. The predicted molar refractivity (Wildman–Crippen MR) is 71.1 cm³/mol. The molecule has 0 aromatic carbocycles. The van der Waals surface area contributed by atoms with Crippen LogP contribution in [0.15, 0.2) is 0 Å². The van der Waals surface area contributed by atoms with Gasteiger partial charge in [0.25, 0.3) is 0 Å². The highest BCUT2D eigenvalue weighted by atomic mass is 16.2. The largest absolute Gasteiger partial charge is 0.346 e. The van der Waals surface area contributed by atoms with Crippen LogP contribution in [0.25, 0.3) is 0 Å². The van der Waals surface area contributed by atoms with Gasteiger partial charge in [0, 0.05) is 5.92 Å². The van der Waals surface area contributed by atoms with E-state index in [9.17, 15) is 9.59 Å². The fourth-order valence-corrected chi connectivity index (χ4v) is 3.54. The fraction of sp³-hybridized carbons (Fsp3) is 0.867. The molecule has 0 aromatic heterocycles. The number of ketones is 1. The van der Waals surface area contributed by atoms with Crippen molar-refractivity contribution >= 4 is 11.7 Å². The second kappa shape index (κ2) is 5.85. The zero-order valence-corrected chi connectivity index (χ0v) is 11.6. The smallest absolute Gasteiger partial charge is 0.223 e. The number of Topliss-reactive ketones (excluding diaryl/α,β-unsaturated/α-hetero) is 1. The number of fused-ring (bicyclic) bond motifs is 1. The Morgan fingerprint density at radius 3 is 2.39 bits per heavy atom. The summed E-state index contributed by atoms with van der Waals surface area (Å²) in [5.74, 6) is 1.91. The lowest BCUT2D eigenvalue weighted by atomic mass is 9.67. The standard InChI is InChI=1S/C15H25NO2/c1-10(11(2)17)16-15(18)14-8-7-12-5-3-4-6-13(12)9-14/h10,12-14H,3-9H2,1-2H3,(H,16,18). The summed E-state index contributed by atoms with van der Waals surface area (Å²) in [4.78, 5) is 23.3. The van der Waals surface area contributed by atoms with Crippen molar-refractivity contribution in [1.82, 2.24) is 5.32 Å². The molecule has 2 saturated carbocycles. The van der Waals surface area contributed by atoms with Gasteiger partial charge in [-0.3, -0.25) is 9.59 Å². The fourth-order valence-electron chi connectivity index (χ4n) is 3.54. The average molecular weight is 251 g/mol. The van der Waals surface area contributed by atoms with Crippen LogP contribution in [-0.4, -0.2) is 17.7 Å². The Morgan fingerprint density at radius 2 is 1.72 bits per heavy atom. The summed E-state index contributed by atoms with van der Waals surface area (Å²) in [7, 11) is 0. The summed E-state index contributed by atoms with van der Waals surface area (Å²) in [5, 5.41) is 2.86. The summed E-state index contributed by atoms with van der Waals surface area (Å²) in [6.07, 6.45) is 8.63. The van der Waals surface area contributed by atoms with Crippen molar-refractivity contribution in [2.24, 2.45) is 17.8 Å². The highest BCUT2D eigenvalue weighted by Gasteiger charge is 2.35. The number of rotatable bonds is 3. The summed E-state index contributed by atoms with van der Waals surface area (Å²) in [6, 6.07) is -0.332. The van der Waals surface area contributed by atoms with Gasteiger partial charge in [0.05, 0.1) is 6.04 Å². The first kappa shape index (κ1) is 13.6. The number of carbonyl (C=O) groups excluding carboxylic acids is 2. The van der Waals surface area contributed by atoms with Crippen LogP contribution in [0, 0.1) is 17.8 Å². The summed E-state index contributed by atoms with van der Waals surface area (Å²) < 4.78 is 0. The minimum atomic E-state index is -0.332. The molecular weight excluding hydrogens is 226 g/mol. The van der Waals surface area contributed by atoms with Gasteiger partial charge in [-0.1, -0.05) is 25.7 Å². The van der Waals surface area contributed by atoms with E-state index >= 15 is 0 Å². The Labute approximate surface area is 110 Å². The third-order valence-corrected chi connectivity index (χ3v) is 4.88. The molecule has 2 fully saturated rings. The molecule has 1 N–H and O–H groups in total. The van der Waals surface area contributed by atoms with Crippen LogP contribution in [0.5, 0.6) is 0 Å². The van der Waals surface area contributed by atoms with E-state index in [1.807, 2.05) is 0 Å². The molecule has 0 aromatic rings. The van der Waals surface area contributed by atoms with E-state index in [1.165, 1.54) is 39.0 Å². The third kappa shape index (κ3) is 3.12. The van der Waals surface area contributed by atoms with E-state index in [0.29, 0.717) is 0 Å². The first-order valence-electron chi connectivity index (χ1n) is 7.38. The number of hydrogen-bond donors (Lipinski definition) is 1. The molecule has 102 valence electrons. The lowest BCUT2D eigenvalue weighted by Gasteiger charge is -2.38. The normalized spacial score (nSPS) is 33.3. The lowest BCUT2D eigenvalue weighted by Crippen LogP contribution is -2.43. The molecule has 4 unspecified atom stereocenters. The summed E-state index contributed by atoms with van der Waals surface area (Å²) in [6.45, 7) is 3.30. The Balaban J connectivity index is 1.86. The molecule has 2 aliphatic rings. The minimum absolute atomic E-state index is 0.0368. The van der Waals surface area contributed by atoms with Gasteiger partial charge in [-0.25, -0.2) is 0 Å². The predicted octanol–water partition coefficient (Wildman–Crippen LogP) is 2.69. The average Bonchev–Trinajstić information content (AvgIpc) is 2.37. The monoisotopic (exact) mass is 251 g/mol. The van der Waals surface area contributed by atoms with Crippen LogP contribution >= 0.6 is 0 Å². The van der Waals surface area contributed by atoms with Crippen molar-refractivity contribution in [2.45, 2.75) is 64.8 Å². The van der Waals surface area contributed by atoms with Crippen LogP contribution in [-0.2, 0) is 9.59 Å². The molecular formula is C15H25NO2. The van der Waals surface area contributed by atoms with Gasteiger partial charge in [0.1, 0.15) is 0 Å². The van der Waals surface area contributed by atoms with E-state index < -0.39 is 0 Å². The third-order valence-electron chi connectivity index (χ3n) is 4.88. The van der Waals surface area contributed by atoms with E-state index in [0.717, 1.165) is 24.7 Å². The van der Waals surface area contributed by atoms with Gasteiger partial charge >= 0.3 is 0 Å². The second-order valence-electron chi connectivity index (χ2n) is 6.16. The maximum Gasteiger partial charge on any atom is 0.223 e. The van der Waals surface area contributed by atoms with Crippen molar-refractivity contribution in [1.29, 1.82) is 0 Å². The van der Waals surface area contributed by atoms with Crippen molar-refractivity contribution in [2.75, 3.05) is 0 Å². The van der Waals surface area contributed by atoms with E-state index in [2.05, 4.69) is 5.32 Å². The zero-order chi connectivity index (χ0) is 13.1. The van der Waals surface area contributed by atoms with Crippen LogP contribution in [0.3, 0.4) is 0 Å². The van der Waals surface area contributed by atoms with Gasteiger partial charge in [-0.05, 0) is 44.9 Å². The first-order valence-corrected chi connectivity index (χ1v) is 7.38. The highest BCUT2D eigenvalue weighted by molar-refractivity contribution is 5.88. The second-order valence-corrected chi connectivity index (χ2v) is 6.16. The van der Waals surface area contributed by atoms with E-state index in [4.69, 9.17) is 0 Å². The Kier molecular flexibility index (Phi) is 4.41. The Morgan fingerprint density at radius 1 is 1.06 bits per heavy atom. The van der Waals surface area contributed by atoms with Crippen molar-refractivity contribution < 1.29 is 9.59 Å². The van der Waals surface area contributed by atoms with E-state index in [1.54, 1.807) is 6.92 Å². The molecule has 2 rings (SSSR count). The zero-order valence-electron chi connectivity index (χ0n) is 11.6. The van der Waals surface area contributed by atoms with Gasteiger partial charge in [-0.15, -0.1) is 0 Å². The number of nitrogens with one attached hydrogen (secondary N) is 1. The van der Waals surface area contributed by atoms with Gasteiger partial charge < -0.3 is 5.32 Å². The van der Waals surface area contributed by atoms with Gasteiger partial charge in [0.15, 0.2) is 5.78 Å². The minimum Gasteiger partial charge on any atom is -0.346 e. The number of carbonyl (C=O) groups is 2. The van der Waals surface area contributed by atoms with Crippen molar-refractivity contribution in [3.63, 3.8) is 0 Å². The van der Waals surface area contributed by atoms with E-state index in [-0.39, 0.29) is 23.7 Å². The van der Waals surface area contributed by atoms with Crippen molar-refractivity contribution in [3.05, 3.63) is 0 Å². The number of amides is 1. The first-order chi connectivity index (χ1) is 8.58. The Hall–Kier alpha value is -0.860. The SMILES string of the molecule is CC(=O)C(C)NC(=O)C1CCC2CCCCC2C1. The lowest BCUT2D eigenvalue weighted by molar-refractivity contribution is -0.131. The molecule has 3 nitrogen and oxygen atoms in total. The molecule has 18 heavy (non-hydrogen) atoms. The van der Waals surface area contributed by atoms with Gasteiger partial charge in [-0.2, -0.15) is 0 Å². The molecule has 0 saturated heterocycles. The molecule has 0 spiro atoms. The molecule has 0 heterocycles. The van der Waals surface area contributed by atoms with Crippen molar-refractivity contribution in [3.8, 4) is 0 Å². The molecule has 2 aliphatic carbocycles. The number of hydrogen-bond acceptors (Lipinski definition) is 2. The maximum atomic E-state index is 12.1. The maximum absolute atomic E-state index is 12.1. The molecule has 0 radical (unpaired) electrons. The van der Waals surface area contributed by atoms with Crippen LogP contribution in [0.2, 0.25) is 0 Å². The topological polar surface area (TPSA) is 46.2 Å². The van der Waals surface area contributed by atoms with Gasteiger partial charge in [0.2, 0.25) is 5.91 Å². The Bertz CT molecular complexity index is 326. The van der Waals surface area contributed by atoms with Crippen LogP contribution in [0.1, 0.15) is 58.8 Å². The highest BCUT2D eigenvalue weighted by Crippen LogP contribution is 2.42. The summed E-state index contributed by atoms with van der Waals surface area (Å²) >= 11 is 0. The molecule has 0 bridgehead atoms. The van der Waals surface area contributed by atoms with Crippen LogP contribution < -0.4 is 5.32 Å².